The van der Waals surface area contributed by atoms with Gasteiger partial charge in [-0.2, -0.15) is 10.2 Å². The highest BCUT2D eigenvalue weighted by Crippen LogP contribution is 2.31. The highest BCUT2D eigenvalue weighted by Gasteiger charge is 2.13. The molecule has 2 N–H and O–H groups in total. The molecule has 1 aromatic heterocycles. The molecular weight excluding hydrogens is 448 g/mol. The molecule has 3 rings (SSSR count). The van der Waals surface area contributed by atoms with E-state index in [9.17, 15) is 10.2 Å². The zero-order valence-corrected chi connectivity index (χ0v) is 21.8. The predicted octanol–water partition coefficient (Wildman–Crippen LogP) is 5.39. The fraction of sp³-hybridized carbons (Fsp3) is 0.333. The average molecular weight is 483 g/mol. The SMILES string of the molecule is Cc1ccc(O)c(/C(CC#CCCCCC#Cc2cn(C)nc2-c2cc(C)ccc2O)=N/N(C)C)c1. The Balaban J connectivity index is 1.54. The van der Waals surface area contributed by atoms with E-state index in [-0.39, 0.29) is 11.5 Å². The predicted molar refractivity (Wildman–Crippen MR) is 146 cm³/mol. The molecule has 2 aromatic carbocycles. The maximum Gasteiger partial charge on any atom is 0.125 e. The van der Waals surface area contributed by atoms with E-state index in [1.165, 1.54) is 0 Å². The summed E-state index contributed by atoms with van der Waals surface area (Å²) in [6, 6.07) is 11.0. The van der Waals surface area contributed by atoms with E-state index in [0.717, 1.165) is 53.6 Å². The molecule has 0 fully saturated rings. The lowest BCUT2D eigenvalue weighted by Crippen LogP contribution is -2.10. The smallest absolute Gasteiger partial charge is 0.125 e. The number of phenolic OH excluding ortho intramolecular Hbond substituents is 2. The number of aryl methyl sites for hydroxylation is 3. The molecule has 0 spiro atoms. The van der Waals surface area contributed by atoms with E-state index in [2.05, 4.69) is 33.9 Å². The van der Waals surface area contributed by atoms with Gasteiger partial charge in [0.25, 0.3) is 0 Å². The van der Waals surface area contributed by atoms with E-state index < -0.39 is 0 Å². The standard InChI is InChI=1S/C30H34N4O2/c1-22-15-17-28(35)25(19-22)27(31-33(3)4)14-12-10-8-6-7-9-11-13-24-21-34(5)32-30(24)26-20-23(2)16-18-29(26)36/h15-21,35-36H,6-9,14H2,1-5H3/b31-27+. The highest BCUT2D eigenvalue weighted by atomic mass is 16.3. The molecule has 0 aliphatic heterocycles. The summed E-state index contributed by atoms with van der Waals surface area (Å²) in [5.74, 6) is 13.3. The Morgan fingerprint density at radius 1 is 0.944 bits per heavy atom. The first-order valence-electron chi connectivity index (χ1n) is 12.1. The molecule has 0 saturated carbocycles. The fourth-order valence-corrected chi connectivity index (χ4v) is 3.74. The summed E-state index contributed by atoms with van der Waals surface area (Å²) in [4.78, 5) is 0. The molecule has 3 aromatic rings. The van der Waals surface area contributed by atoms with Gasteiger partial charge in [0.2, 0.25) is 0 Å². The first-order chi connectivity index (χ1) is 17.2. The molecule has 6 nitrogen and oxygen atoms in total. The van der Waals surface area contributed by atoms with E-state index in [0.29, 0.717) is 17.7 Å². The van der Waals surface area contributed by atoms with Crippen LogP contribution in [0.1, 0.15) is 54.4 Å². The van der Waals surface area contributed by atoms with Crippen LogP contribution in [0.2, 0.25) is 0 Å². The third-order valence-corrected chi connectivity index (χ3v) is 5.48. The van der Waals surface area contributed by atoms with Gasteiger partial charge < -0.3 is 15.2 Å². The molecule has 36 heavy (non-hydrogen) atoms. The van der Waals surface area contributed by atoms with Crippen LogP contribution in [-0.4, -0.2) is 44.8 Å². The van der Waals surface area contributed by atoms with Crippen LogP contribution in [0.5, 0.6) is 11.5 Å². The minimum Gasteiger partial charge on any atom is -0.507 e. The molecule has 0 aliphatic carbocycles. The Bertz CT molecular complexity index is 1360. The summed E-state index contributed by atoms with van der Waals surface area (Å²) in [5.41, 5.74) is 5.82. The Kier molecular flexibility index (Phi) is 9.19. The summed E-state index contributed by atoms with van der Waals surface area (Å²) in [6.07, 6.45) is 5.81. The van der Waals surface area contributed by atoms with Crippen LogP contribution in [0.4, 0.5) is 0 Å². The van der Waals surface area contributed by atoms with Gasteiger partial charge in [0, 0.05) is 51.3 Å². The van der Waals surface area contributed by atoms with Crippen LogP contribution in [0, 0.1) is 37.5 Å². The summed E-state index contributed by atoms with van der Waals surface area (Å²) in [6.45, 7) is 3.98. The van der Waals surface area contributed by atoms with Crippen LogP contribution >= 0.6 is 0 Å². The maximum atomic E-state index is 10.3. The number of unbranched alkanes of at least 4 members (excludes halogenated alkanes) is 3. The molecule has 186 valence electrons. The molecule has 0 amide bonds. The lowest BCUT2D eigenvalue weighted by molar-refractivity contribution is 0.436. The van der Waals surface area contributed by atoms with E-state index >= 15 is 0 Å². The topological polar surface area (TPSA) is 73.9 Å². The van der Waals surface area contributed by atoms with Crippen molar-refractivity contribution in [3.05, 3.63) is 64.8 Å². The Morgan fingerprint density at radius 3 is 2.33 bits per heavy atom. The Morgan fingerprint density at radius 2 is 1.61 bits per heavy atom. The van der Waals surface area contributed by atoms with E-state index in [1.54, 1.807) is 21.8 Å². The molecule has 6 heteroatoms. The highest BCUT2D eigenvalue weighted by molar-refractivity contribution is 6.04. The van der Waals surface area contributed by atoms with Crippen molar-refractivity contribution in [3.63, 3.8) is 0 Å². The Labute approximate surface area is 214 Å². The number of aromatic nitrogens is 2. The van der Waals surface area contributed by atoms with Crippen molar-refractivity contribution in [2.75, 3.05) is 14.1 Å². The normalized spacial score (nSPS) is 10.9. The van der Waals surface area contributed by atoms with Crippen molar-refractivity contribution in [2.24, 2.45) is 12.1 Å². The van der Waals surface area contributed by atoms with Crippen molar-refractivity contribution in [2.45, 2.75) is 46.0 Å². The molecule has 0 unspecified atom stereocenters. The van der Waals surface area contributed by atoms with Crippen LogP contribution in [0.3, 0.4) is 0 Å². The van der Waals surface area contributed by atoms with Crippen LogP contribution in [0.15, 0.2) is 47.7 Å². The van der Waals surface area contributed by atoms with Gasteiger partial charge in [0.15, 0.2) is 0 Å². The number of aromatic hydroxyl groups is 2. The number of benzene rings is 2. The second-order valence-electron chi connectivity index (χ2n) is 9.04. The zero-order chi connectivity index (χ0) is 26.1. The molecule has 0 radical (unpaired) electrons. The molecule has 0 saturated heterocycles. The molecule has 0 aliphatic rings. The Hall–Kier alpha value is -4.16. The third kappa shape index (κ3) is 7.42. The van der Waals surface area contributed by atoms with Gasteiger partial charge in [-0.05, 0) is 51.0 Å². The monoisotopic (exact) mass is 482 g/mol. The number of phenols is 2. The summed E-state index contributed by atoms with van der Waals surface area (Å²) in [7, 11) is 5.58. The lowest BCUT2D eigenvalue weighted by atomic mass is 10.0. The first-order valence-corrected chi connectivity index (χ1v) is 12.1. The van der Waals surface area contributed by atoms with Crippen LogP contribution in [0.25, 0.3) is 11.3 Å². The van der Waals surface area contributed by atoms with Gasteiger partial charge in [-0.1, -0.05) is 41.0 Å². The van der Waals surface area contributed by atoms with Crippen molar-refractivity contribution in [3.8, 4) is 46.4 Å². The second-order valence-corrected chi connectivity index (χ2v) is 9.04. The molecular formula is C30H34N4O2. The quantitative estimate of drug-likeness (QED) is 0.205. The molecule has 0 atom stereocenters. The van der Waals surface area contributed by atoms with Crippen LogP contribution in [-0.2, 0) is 7.05 Å². The molecule has 1 heterocycles. The van der Waals surface area contributed by atoms with Gasteiger partial charge in [0.1, 0.15) is 17.2 Å². The van der Waals surface area contributed by atoms with Crippen molar-refractivity contribution in [1.29, 1.82) is 0 Å². The minimum atomic E-state index is 0.206. The third-order valence-electron chi connectivity index (χ3n) is 5.48. The molecule has 0 bridgehead atoms. The van der Waals surface area contributed by atoms with Gasteiger partial charge in [0.05, 0.1) is 17.7 Å². The van der Waals surface area contributed by atoms with Crippen molar-refractivity contribution < 1.29 is 10.2 Å². The number of hydrazone groups is 1. The average Bonchev–Trinajstić information content (AvgIpc) is 3.20. The van der Waals surface area contributed by atoms with Crippen molar-refractivity contribution >= 4 is 5.71 Å². The van der Waals surface area contributed by atoms with Gasteiger partial charge >= 0.3 is 0 Å². The van der Waals surface area contributed by atoms with Gasteiger partial charge in [-0.25, -0.2) is 0 Å². The summed E-state index contributed by atoms with van der Waals surface area (Å²) < 4.78 is 1.72. The number of hydrogen-bond donors (Lipinski definition) is 2. The van der Waals surface area contributed by atoms with Gasteiger partial charge in [-0.3, -0.25) is 4.68 Å². The van der Waals surface area contributed by atoms with Crippen molar-refractivity contribution in [1.82, 2.24) is 14.8 Å². The second kappa shape index (κ2) is 12.5. The van der Waals surface area contributed by atoms with E-state index in [1.807, 2.05) is 65.5 Å². The van der Waals surface area contributed by atoms with Gasteiger partial charge in [-0.15, -0.1) is 5.92 Å². The maximum absolute atomic E-state index is 10.3. The summed E-state index contributed by atoms with van der Waals surface area (Å²) in [5, 5.41) is 31.3. The minimum absolute atomic E-state index is 0.206. The lowest BCUT2D eigenvalue weighted by Gasteiger charge is -2.11. The summed E-state index contributed by atoms with van der Waals surface area (Å²) >= 11 is 0. The number of rotatable bonds is 7. The number of nitrogens with zero attached hydrogens (tertiary/aromatic N) is 4. The van der Waals surface area contributed by atoms with E-state index in [4.69, 9.17) is 0 Å². The first kappa shape index (κ1) is 26.4. The zero-order valence-electron chi connectivity index (χ0n) is 21.8. The fourth-order valence-electron chi connectivity index (χ4n) is 3.74. The largest absolute Gasteiger partial charge is 0.507 e. The van der Waals surface area contributed by atoms with Crippen LogP contribution < -0.4 is 0 Å². The number of hydrogen-bond acceptors (Lipinski definition) is 5.